The highest BCUT2D eigenvalue weighted by Crippen LogP contribution is 2.22. The SMILES string of the molecule is COC(=O)c1nn(Cc2ccc(F)cc2)c2cc(C)ccc12. The lowest BCUT2D eigenvalue weighted by Gasteiger charge is -2.04. The van der Waals surface area contributed by atoms with Gasteiger partial charge in [-0.2, -0.15) is 5.10 Å². The molecule has 0 atom stereocenters. The Morgan fingerprint density at radius 2 is 1.95 bits per heavy atom. The molecule has 0 saturated carbocycles. The normalized spacial score (nSPS) is 10.9. The van der Waals surface area contributed by atoms with Crippen LogP contribution in [0.1, 0.15) is 21.6 Å². The molecule has 0 fully saturated rings. The van der Waals surface area contributed by atoms with Gasteiger partial charge in [-0.15, -0.1) is 0 Å². The Bertz CT molecular complexity index is 838. The minimum atomic E-state index is -0.466. The van der Waals surface area contributed by atoms with Crippen molar-refractivity contribution < 1.29 is 13.9 Å². The Labute approximate surface area is 127 Å². The largest absolute Gasteiger partial charge is 0.464 e. The average Bonchev–Trinajstić information content (AvgIpc) is 2.87. The molecule has 0 amide bonds. The molecule has 2 aromatic carbocycles. The van der Waals surface area contributed by atoms with Crippen molar-refractivity contribution in [3.8, 4) is 0 Å². The molecule has 4 nitrogen and oxygen atoms in total. The van der Waals surface area contributed by atoms with E-state index in [4.69, 9.17) is 4.74 Å². The van der Waals surface area contributed by atoms with Crippen LogP contribution in [0.5, 0.6) is 0 Å². The molecule has 1 heterocycles. The first kappa shape index (κ1) is 14.3. The van der Waals surface area contributed by atoms with E-state index < -0.39 is 5.97 Å². The Hall–Kier alpha value is -2.69. The minimum absolute atomic E-state index is 0.278. The van der Waals surface area contributed by atoms with Crippen molar-refractivity contribution in [2.75, 3.05) is 7.11 Å². The summed E-state index contributed by atoms with van der Waals surface area (Å²) in [6.07, 6.45) is 0. The fraction of sp³-hybridized carbons (Fsp3) is 0.176. The molecule has 1 aromatic heterocycles. The van der Waals surface area contributed by atoms with Crippen molar-refractivity contribution in [2.45, 2.75) is 13.5 Å². The van der Waals surface area contributed by atoms with Gasteiger partial charge in [0.1, 0.15) is 5.82 Å². The number of carbonyl (C=O) groups is 1. The zero-order chi connectivity index (χ0) is 15.7. The zero-order valence-electron chi connectivity index (χ0n) is 12.3. The number of rotatable bonds is 3. The topological polar surface area (TPSA) is 44.1 Å². The van der Waals surface area contributed by atoms with Gasteiger partial charge in [0, 0.05) is 5.39 Å². The van der Waals surface area contributed by atoms with Gasteiger partial charge in [-0.25, -0.2) is 9.18 Å². The Morgan fingerprint density at radius 1 is 1.23 bits per heavy atom. The van der Waals surface area contributed by atoms with Crippen LogP contribution < -0.4 is 0 Å². The van der Waals surface area contributed by atoms with Crippen LogP contribution in [0, 0.1) is 12.7 Å². The molecule has 0 aliphatic carbocycles. The van der Waals surface area contributed by atoms with Crippen LogP contribution >= 0.6 is 0 Å². The van der Waals surface area contributed by atoms with E-state index in [0.29, 0.717) is 12.2 Å². The number of aromatic nitrogens is 2. The first-order chi connectivity index (χ1) is 10.6. The number of benzene rings is 2. The third-order valence-corrected chi connectivity index (χ3v) is 3.53. The number of hydrogen-bond acceptors (Lipinski definition) is 3. The van der Waals surface area contributed by atoms with Crippen LogP contribution in [0.15, 0.2) is 42.5 Å². The maximum atomic E-state index is 13.0. The second-order valence-corrected chi connectivity index (χ2v) is 5.14. The summed E-state index contributed by atoms with van der Waals surface area (Å²) in [4.78, 5) is 11.9. The van der Waals surface area contributed by atoms with Gasteiger partial charge in [0.15, 0.2) is 5.69 Å². The molecular weight excluding hydrogens is 283 g/mol. The molecule has 0 radical (unpaired) electrons. The number of fused-ring (bicyclic) bond motifs is 1. The smallest absolute Gasteiger partial charge is 0.359 e. The van der Waals surface area contributed by atoms with E-state index in [1.54, 1.807) is 16.8 Å². The first-order valence-electron chi connectivity index (χ1n) is 6.88. The van der Waals surface area contributed by atoms with Crippen LogP contribution in [-0.4, -0.2) is 22.9 Å². The van der Waals surface area contributed by atoms with Gasteiger partial charge in [0.05, 0.1) is 19.2 Å². The van der Waals surface area contributed by atoms with Gasteiger partial charge in [-0.05, 0) is 36.2 Å². The third kappa shape index (κ3) is 2.57. The van der Waals surface area contributed by atoms with Crippen molar-refractivity contribution in [3.63, 3.8) is 0 Å². The summed E-state index contributed by atoms with van der Waals surface area (Å²) in [7, 11) is 1.33. The Kier molecular flexibility index (Phi) is 3.63. The van der Waals surface area contributed by atoms with Gasteiger partial charge in [-0.3, -0.25) is 4.68 Å². The molecule has 112 valence electrons. The second-order valence-electron chi connectivity index (χ2n) is 5.14. The lowest BCUT2D eigenvalue weighted by molar-refractivity contribution is 0.0595. The standard InChI is InChI=1S/C17H15FN2O2/c1-11-3-8-14-15(9-11)20(19-16(14)17(21)22-2)10-12-4-6-13(18)7-5-12/h3-9H,10H2,1-2H3. The number of halogens is 1. The molecule has 5 heteroatoms. The van der Waals surface area contributed by atoms with E-state index in [9.17, 15) is 9.18 Å². The summed E-state index contributed by atoms with van der Waals surface area (Å²) in [5.41, 5.74) is 3.12. The number of methoxy groups -OCH3 is 1. The number of carbonyl (C=O) groups excluding carboxylic acids is 1. The summed E-state index contributed by atoms with van der Waals surface area (Å²) in [6.45, 7) is 2.43. The highest BCUT2D eigenvalue weighted by Gasteiger charge is 2.17. The fourth-order valence-corrected chi connectivity index (χ4v) is 2.41. The highest BCUT2D eigenvalue weighted by atomic mass is 19.1. The van der Waals surface area contributed by atoms with Crippen molar-refractivity contribution in [2.24, 2.45) is 0 Å². The monoisotopic (exact) mass is 298 g/mol. The first-order valence-corrected chi connectivity index (χ1v) is 6.88. The maximum Gasteiger partial charge on any atom is 0.359 e. The Balaban J connectivity index is 2.10. The van der Waals surface area contributed by atoms with E-state index in [-0.39, 0.29) is 5.82 Å². The van der Waals surface area contributed by atoms with E-state index in [1.165, 1.54) is 19.2 Å². The lowest BCUT2D eigenvalue weighted by atomic mass is 10.1. The van der Waals surface area contributed by atoms with Crippen LogP contribution in [0.2, 0.25) is 0 Å². The number of esters is 1. The van der Waals surface area contributed by atoms with E-state index in [2.05, 4.69) is 5.10 Å². The average molecular weight is 298 g/mol. The summed E-state index contributed by atoms with van der Waals surface area (Å²) in [5.74, 6) is -0.744. The molecule has 22 heavy (non-hydrogen) atoms. The zero-order valence-corrected chi connectivity index (χ0v) is 12.3. The fourth-order valence-electron chi connectivity index (χ4n) is 2.41. The van der Waals surface area contributed by atoms with Gasteiger partial charge in [0.2, 0.25) is 0 Å². The molecule has 0 spiro atoms. The molecule has 3 rings (SSSR count). The van der Waals surface area contributed by atoms with E-state index in [0.717, 1.165) is 22.0 Å². The lowest BCUT2D eigenvalue weighted by Crippen LogP contribution is -2.06. The molecule has 0 N–H and O–H groups in total. The van der Waals surface area contributed by atoms with Gasteiger partial charge in [-0.1, -0.05) is 24.3 Å². The van der Waals surface area contributed by atoms with Crippen LogP contribution in [0.3, 0.4) is 0 Å². The molecular formula is C17H15FN2O2. The summed E-state index contributed by atoms with van der Waals surface area (Å²) in [5, 5.41) is 5.12. The van der Waals surface area contributed by atoms with Crippen molar-refractivity contribution in [1.29, 1.82) is 0 Å². The number of aryl methyl sites for hydroxylation is 1. The van der Waals surface area contributed by atoms with Crippen molar-refractivity contribution >= 4 is 16.9 Å². The van der Waals surface area contributed by atoms with Crippen molar-refractivity contribution in [3.05, 3.63) is 65.1 Å². The maximum absolute atomic E-state index is 13.0. The Morgan fingerprint density at radius 3 is 2.64 bits per heavy atom. The molecule has 0 aliphatic rings. The quantitative estimate of drug-likeness (QED) is 0.697. The number of nitrogens with zero attached hydrogens (tertiary/aromatic N) is 2. The van der Waals surface area contributed by atoms with Gasteiger partial charge < -0.3 is 4.74 Å². The van der Waals surface area contributed by atoms with Crippen LogP contribution in [0.25, 0.3) is 10.9 Å². The predicted octanol–water partition coefficient (Wildman–Crippen LogP) is 3.32. The predicted molar refractivity (Wildman–Crippen MR) is 81.3 cm³/mol. The molecule has 3 aromatic rings. The van der Waals surface area contributed by atoms with Crippen molar-refractivity contribution in [1.82, 2.24) is 9.78 Å². The van der Waals surface area contributed by atoms with Gasteiger partial charge >= 0.3 is 5.97 Å². The second kappa shape index (κ2) is 5.60. The van der Waals surface area contributed by atoms with Crippen LogP contribution in [-0.2, 0) is 11.3 Å². The van der Waals surface area contributed by atoms with Gasteiger partial charge in [0.25, 0.3) is 0 Å². The summed E-state index contributed by atoms with van der Waals surface area (Å²) >= 11 is 0. The van der Waals surface area contributed by atoms with E-state index in [1.807, 2.05) is 25.1 Å². The van der Waals surface area contributed by atoms with Crippen LogP contribution in [0.4, 0.5) is 4.39 Å². The minimum Gasteiger partial charge on any atom is -0.464 e. The summed E-state index contributed by atoms with van der Waals surface area (Å²) < 4.78 is 19.5. The number of ether oxygens (including phenoxy) is 1. The number of hydrogen-bond donors (Lipinski definition) is 0. The summed E-state index contributed by atoms with van der Waals surface area (Å²) in [6, 6.07) is 12.0. The molecule has 0 saturated heterocycles. The molecule has 0 bridgehead atoms. The molecule has 0 aliphatic heterocycles. The third-order valence-electron chi connectivity index (χ3n) is 3.53. The van der Waals surface area contributed by atoms with E-state index >= 15 is 0 Å². The molecule has 0 unspecified atom stereocenters. The highest BCUT2D eigenvalue weighted by molar-refractivity contribution is 6.02.